The molecule has 29 heavy (non-hydrogen) atoms. The molecule has 0 saturated heterocycles. The van der Waals surface area contributed by atoms with E-state index in [2.05, 4.69) is 5.32 Å². The Kier molecular flexibility index (Phi) is 8.34. The molecular weight excluding hydrogens is 435 g/mol. The number of nitrogens with zero attached hydrogens (tertiary/aromatic N) is 1. The second-order valence-electron chi connectivity index (χ2n) is 7.32. The normalized spacial score (nSPS) is 12.3. The van der Waals surface area contributed by atoms with Crippen molar-refractivity contribution in [3.05, 3.63) is 63.6 Å². The van der Waals surface area contributed by atoms with Gasteiger partial charge in [-0.3, -0.25) is 8.86 Å². The largest absolute Gasteiger partial charge is 0.444 e. The van der Waals surface area contributed by atoms with Crippen LogP contribution < -0.4 is 9.62 Å². The Balaban J connectivity index is 2.00. The van der Waals surface area contributed by atoms with Crippen molar-refractivity contribution >= 4 is 46.2 Å². The zero-order valence-electron chi connectivity index (χ0n) is 16.4. The van der Waals surface area contributed by atoms with Crippen LogP contribution in [0.3, 0.4) is 0 Å². The first-order valence-corrected chi connectivity index (χ1v) is 10.8. The zero-order valence-corrected chi connectivity index (χ0v) is 18.8. The van der Waals surface area contributed by atoms with Gasteiger partial charge < -0.3 is 10.1 Å². The molecule has 0 heterocycles. The van der Waals surface area contributed by atoms with Crippen molar-refractivity contribution in [3.8, 4) is 0 Å². The summed E-state index contributed by atoms with van der Waals surface area (Å²) in [7, 11) is 0. The van der Waals surface area contributed by atoms with E-state index in [1.807, 2.05) is 6.07 Å². The number of carbonyl (C=O) groups is 1. The lowest BCUT2D eigenvalue weighted by Crippen LogP contribution is -2.32. The Bertz CT molecular complexity index is 870. The highest BCUT2D eigenvalue weighted by atomic mass is 35.5. The molecule has 1 atom stereocenters. The maximum Gasteiger partial charge on any atom is 0.407 e. The Morgan fingerprint density at radius 3 is 2.41 bits per heavy atom. The number of alkyl carbamates (subject to hydrolysis) is 1. The van der Waals surface area contributed by atoms with Crippen molar-refractivity contribution in [2.24, 2.45) is 0 Å². The fourth-order valence-electron chi connectivity index (χ4n) is 2.53. The maximum absolute atomic E-state index is 11.8. The fourth-order valence-corrected chi connectivity index (χ4v) is 3.49. The number of halogens is 2. The van der Waals surface area contributed by atoms with E-state index in [0.29, 0.717) is 22.2 Å². The molecular formula is C20H24Cl2N2O4S. The summed E-state index contributed by atoms with van der Waals surface area (Å²) in [5, 5.41) is 3.57. The van der Waals surface area contributed by atoms with E-state index in [4.69, 9.17) is 27.9 Å². The van der Waals surface area contributed by atoms with Crippen LogP contribution in [0.5, 0.6) is 0 Å². The number of nitrogens with one attached hydrogen (secondary N) is 1. The quantitative estimate of drug-likeness (QED) is 0.558. The number of anilines is 1. The third kappa shape index (κ3) is 7.51. The Morgan fingerprint density at radius 1 is 1.17 bits per heavy atom. The summed E-state index contributed by atoms with van der Waals surface area (Å²) in [4.78, 5) is 11.7. The van der Waals surface area contributed by atoms with E-state index in [1.165, 1.54) is 4.31 Å². The van der Waals surface area contributed by atoms with Crippen LogP contribution in [0.25, 0.3) is 0 Å². The summed E-state index contributed by atoms with van der Waals surface area (Å²) in [5.41, 5.74) is 1.64. The summed E-state index contributed by atoms with van der Waals surface area (Å²) in [6.45, 7) is 5.94. The van der Waals surface area contributed by atoms with Gasteiger partial charge in [0.15, 0.2) is 0 Å². The van der Waals surface area contributed by atoms with E-state index in [0.717, 1.165) is 11.1 Å². The Hall–Kier alpha value is -1.80. The van der Waals surface area contributed by atoms with Crippen molar-refractivity contribution in [1.29, 1.82) is 0 Å². The van der Waals surface area contributed by atoms with Gasteiger partial charge in [0, 0.05) is 13.1 Å². The van der Waals surface area contributed by atoms with Crippen LogP contribution in [0, 0.1) is 0 Å². The van der Waals surface area contributed by atoms with Crippen LogP contribution in [0.4, 0.5) is 10.5 Å². The minimum Gasteiger partial charge on any atom is -0.444 e. The van der Waals surface area contributed by atoms with Crippen LogP contribution in [0.1, 0.15) is 31.9 Å². The number of rotatable bonds is 7. The minimum atomic E-state index is -2.20. The number of hydrogen-bond donors (Lipinski definition) is 2. The summed E-state index contributed by atoms with van der Waals surface area (Å²) < 4.78 is 28.0. The van der Waals surface area contributed by atoms with Crippen molar-refractivity contribution in [2.75, 3.05) is 10.8 Å². The van der Waals surface area contributed by atoms with Gasteiger partial charge in [0.1, 0.15) is 5.60 Å². The number of benzene rings is 2. The van der Waals surface area contributed by atoms with Crippen LogP contribution >= 0.6 is 23.2 Å². The van der Waals surface area contributed by atoms with Crippen molar-refractivity contribution in [1.82, 2.24) is 5.32 Å². The fraction of sp³-hybridized carbons (Fsp3) is 0.350. The lowest BCUT2D eigenvalue weighted by atomic mass is 10.1. The molecule has 9 heteroatoms. The predicted molar refractivity (Wildman–Crippen MR) is 118 cm³/mol. The second-order valence-corrected chi connectivity index (χ2v) is 9.01. The van der Waals surface area contributed by atoms with E-state index >= 15 is 0 Å². The van der Waals surface area contributed by atoms with Gasteiger partial charge >= 0.3 is 6.09 Å². The van der Waals surface area contributed by atoms with Crippen molar-refractivity contribution in [2.45, 2.75) is 39.3 Å². The van der Waals surface area contributed by atoms with Gasteiger partial charge in [-0.2, -0.15) is 0 Å². The van der Waals surface area contributed by atoms with Gasteiger partial charge in [-0.05, 0) is 56.5 Å². The Labute approximate surface area is 183 Å². The second kappa shape index (κ2) is 10.3. The molecule has 0 fully saturated rings. The third-order valence-corrected chi connectivity index (χ3v) is 5.49. The van der Waals surface area contributed by atoms with Gasteiger partial charge in [-0.15, -0.1) is 0 Å². The van der Waals surface area contributed by atoms with Crippen molar-refractivity contribution < 1.29 is 18.3 Å². The van der Waals surface area contributed by atoms with Gasteiger partial charge in [-0.25, -0.2) is 9.00 Å². The lowest BCUT2D eigenvalue weighted by molar-refractivity contribution is 0.0523. The van der Waals surface area contributed by atoms with Crippen LogP contribution in [-0.4, -0.2) is 27.0 Å². The smallest absolute Gasteiger partial charge is 0.407 e. The molecule has 2 aromatic carbocycles. The third-order valence-electron chi connectivity index (χ3n) is 3.86. The highest BCUT2D eigenvalue weighted by Gasteiger charge is 2.16. The number of hydrogen-bond acceptors (Lipinski definition) is 3. The molecule has 2 N–H and O–H groups in total. The SMILES string of the molecule is CC(C)(C)OC(=O)NCc1ccc(N(CCc2cccc(Cl)c2Cl)S(=O)O)cc1. The summed E-state index contributed by atoms with van der Waals surface area (Å²) in [6, 6.07) is 12.3. The molecule has 0 spiro atoms. The average molecular weight is 459 g/mol. The molecule has 0 aliphatic carbocycles. The van der Waals surface area contributed by atoms with Gasteiger partial charge in [0.25, 0.3) is 11.3 Å². The van der Waals surface area contributed by atoms with E-state index in [1.54, 1.807) is 57.2 Å². The van der Waals surface area contributed by atoms with Crippen LogP contribution in [0.2, 0.25) is 10.0 Å². The highest BCUT2D eigenvalue weighted by molar-refractivity contribution is 7.80. The average Bonchev–Trinajstić information content (AvgIpc) is 2.63. The van der Waals surface area contributed by atoms with Crippen LogP contribution in [0.15, 0.2) is 42.5 Å². The molecule has 0 aliphatic rings. The molecule has 1 unspecified atom stereocenters. The molecule has 0 bridgehead atoms. The molecule has 2 aromatic rings. The Morgan fingerprint density at radius 2 is 1.83 bits per heavy atom. The van der Waals surface area contributed by atoms with Gasteiger partial charge in [0.05, 0.1) is 15.7 Å². The number of amides is 1. The highest BCUT2D eigenvalue weighted by Crippen LogP contribution is 2.26. The van der Waals surface area contributed by atoms with E-state index in [9.17, 15) is 13.6 Å². The van der Waals surface area contributed by atoms with E-state index < -0.39 is 23.0 Å². The summed E-state index contributed by atoms with van der Waals surface area (Å²) >= 11 is 10.0. The monoisotopic (exact) mass is 458 g/mol. The molecule has 1 amide bonds. The van der Waals surface area contributed by atoms with E-state index in [-0.39, 0.29) is 13.1 Å². The molecule has 6 nitrogen and oxygen atoms in total. The van der Waals surface area contributed by atoms with Crippen LogP contribution in [-0.2, 0) is 29.0 Å². The zero-order chi connectivity index (χ0) is 21.6. The molecule has 0 aliphatic heterocycles. The minimum absolute atomic E-state index is 0.276. The van der Waals surface area contributed by atoms with Gasteiger partial charge in [0.2, 0.25) is 0 Å². The summed E-state index contributed by atoms with van der Waals surface area (Å²) in [6.07, 6.45) is -0.0498. The number of ether oxygens (including phenoxy) is 1. The topological polar surface area (TPSA) is 78.9 Å². The molecule has 0 aromatic heterocycles. The summed E-state index contributed by atoms with van der Waals surface area (Å²) in [5.74, 6) is 0. The number of carbonyl (C=O) groups excluding carboxylic acids is 1. The first kappa shape index (κ1) is 23.5. The first-order chi connectivity index (χ1) is 13.6. The molecule has 2 rings (SSSR count). The van der Waals surface area contributed by atoms with Crippen molar-refractivity contribution in [3.63, 3.8) is 0 Å². The predicted octanol–water partition coefficient (Wildman–Crippen LogP) is 5.20. The molecule has 0 saturated carbocycles. The standard InChI is InChI=1S/C20H24Cl2N2O4S/c1-20(2,3)28-19(25)23-13-14-7-9-16(10-8-14)24(29(26)27)12-11-15-5-4-6-17(21)18(15)22/h4-10H,11-13H2,1-3H3,(H,23,25)(H,26,27). The lowest BCUT2D eigenvalue weighted by Gasteiger charge is -2.21. The maximum atomic E-state index is 11.8. The molecule has 158 valence electrons. The first-order valence-electron chi connectivity index (χ1n) is 8.94. The van der Waals surface area contributed by atoms with Gasteiger partial charge in [-0.1, -0.05) is 47.5 Å². The molecule has 0 radical (unpaired) electrons.